The van der Waals surface area contributed by atoms with Gasteiger partial charge in [-0.3, -0.25) is 0 Å². The van der Waals surface area contributed by atoms with Gasteiger partial charge in [0.15, 0.2) is 0 Å². The minimum atomic E-state index is 0.600. The molecule has 3 N–H and O–H groups in total. The van der Waals surface area contributed by atoms with Gasteiger partial charge in [-0.25, -0.2) is 4.98 Å². The minimum Gasteiger partial charge on any atom is -0.497 e. The molecule has 3 aromatic carbocycles. The Morgan fingerprint density at radius 1 is 0.828 bits per heavy atom. The highest BCUT2D eigenvalue weighted by Gasteiger charge is 2.17. The number of halogens is 1. The molecule has 0 fully saturated rings. The first-order valence-corrected chi connectivity index (χ1v) is 9.41. The van der Waals surface area contributed by atoms with Gasteiger partial charge >= 0.3 is 0 Å². The topological polar surface area (TPSA) is 73.2 Å². The summed E-state index contributed by atoms with van der Waals surface area (Å²) in [5, 5.41) is 0.600. The van der Waals surface area contributed by atoms with E-state index in [9.17, 15) is 0 Å². The molecule has 146 valence electrons. The van der Waals surface area contributed by atoms with E-state index in [-0.39, 0.29) is 0 Å². The number of nitrogens with two attached hydrogens (primary N) is 1. The fourth-order valence-corrected chi connectivity index (χ4v) is 3.33. The van der Waals surface area contributed by atoms with E-state index in [0.29, 0.717) is 16.5 Å². The van der Waals surface area contributed by atoms with Gasteiger partial charge in [0.05, 0.1) is 25.6 Å². The van der Waals surface area contributed by atoms with Crippen molar-refractivity contribution in [3.63, 3.8) is 0 Å². The summed E-state index contributed by atoms with van der Waals surface area (Å²) >= 11 is 6.19. The predicted molar refractivity (Wildman–Crippen MR) is 117 cm³/mol. The Kier molecular flexibility index (Phi) is 5.14. The molecule has 4 aromatic rings. The maximum Gasteiger partial charge on any atom is 0.140 e. The minimum absolute atomic E-state index is 0.600. The standard InChI is InChI=1S/C23H20ClN3O2/c1-28-17-8-3-14(4-9-17)21-22(15-5-10-18(29-2)11-6-15)27-23(26-21)19-13-16(24)7-12-20(19)25/h3-13H,25H2,1-2H3,(H,26,27). The Labute approximate surface area is 174 Å². The smallest absolute Gasteiger partial charge is 0.140 e. The van der Waals surface area contributed by atoms with Crippen LogP contribution in [-0.4, -0.2) is 24.2 Å². The number of nitrogens with one attached hydrogen (secondary N) is 1. The lowest BCUT2D eigenvalue weighted by Crippen LogP contribution is -1.91. The number of ether oxygens (including phenoxy) is 2. The fraction of sp³-hybridized carbons (Fsp3) is 0.0870. The Bertz CT molecular complexity index is 1070. The number of H-pyrrole nitrogens is 1. The van der Waals surface area contributed by atoms with Crippen molar-refractivity contribution in [1.82, 2.24) is 9.97 Å². The molecule has 0 aliphatic heterocycles. The molecule has 0 spiro atoms. The van der Waals surface area contributed by atoms with Gasteiger partial charge in [-0.05, 0) is 66.7 Å². The Hall–Kier alpha value is -3.44. The lowest BCUT2D eigenvalue weighted by molar-refractivity contribution is 0.414. The van der Waals surface area contributed by atoms with Gasteiger partial charge in [-0.15, -0.1) is 0 Å². The highest BCUT2D eigenvalue weighted by atomic mass is 35.5. The van der Waals surface area contributed by atoms with Gasteiger partial charge < -0.3 is 20.2 Å². The number of nitrogen functional groups attached to an aromatic ring is 1. The van der Waals surface area contributed by atoms with Gasteiger partial charge in [0, 0.05) is 27.4 Å². The Morgan fingerprint density at radius 3 is 2.00 bits per heavy atom. The molecular weight excluding hydrogens is 386 g/mol. The first kappa shape index (κ1) is 18.9. The van der Waals surface area contributed by atoms with Crippen molar-refractivity contribution in [2.24, 2.45) is 0 Å². The van der Waals surface area contributed by atoms with Gasteiger partial charge in [0.2, 0.25) is 0 Å². The number of hydrogen-bond donors (Lipinski definition) is 2. The van der Waals surface area contributed by atoms with Crippen molar-refractivity contribution in [2.45, 2.75) is 0 Å². The number of aromatic nitrogens is 2. The molecule has 0 aliphatic rings. The van der Waals surface area contributed by atoms with Crippen LogP contribution < -0.4 is 15.2 Å². The summed E-state index contributed by atoms with van der Waals surface area (Å²) in [5.74, 6) is 2.23. The third-order valence-corrected chi connectivity index (χ3v) is 4.95. The number of imidazole rings is 1. The third-order valence-electron chi connectivity index (χ3n) is 4.72. The summed E-state index contributed by atoms with van der Waals surface area (Å²) in [6.45, 7) is 0. The van der Waals surface area contributed by atoms with Crippen molar-refractivity contribution in [3.8, 4) is 45.4 Å². The molecule has 0 atom stereocenters. The van der Waals surface area contributed by atoms with Gasteiger partial charge in [-0.2, -0.15) is 0 Å². The van der Waals surface area contributed by atoms with E-state index < -0.39 is 0 Å². The highest BCUT2D eigenvalue weighted by molar-refractivity contribution is 6.31. The first-order chi connectivity index (χ1) is 14.1. The van der Waals surface area contributed by atoms with E-state index in [2.05, 4.69) is 4.98 Å². The summed E-state index contributed by atoms with van der Waals surface area (Å²) < 4.78 is 10.6. The largest absolute Gasteiger partial charge is 0.497 e. The lowest BCUT2D eigenvalue weighted by Gasteiger charge is -2.06. The molecular formula is C23H20ClN3O2. The molecule has 0 bridgehead atoms. The summed E-state index contributed by atoms with van der Waals surface area (Å²) in [6.07, 6.45) is 0. The second-order valence-corrected chi connectivity index (χ2v) is 6.93. The van der Waals surface area contributed by atoms with Crippen LogP contribution in [0.3, 0.4) is 0 Å². The molecule has 0 saturated heterocycles. The molecule has 0 saturated carbocycles. The second-order valence-electron chi connectivity index (χ2n) is 6.50. The molecule has 0 aliphatic carbocycles. The van der Waals surface area contributed by atoms with Crippen LogP contribution in [0.5, 0.6) is 11.5 Å². The Balaban J connectivity index is 1.88. The Morgan fingerprint density at radius 2 is 1.41 bits per heavy atom. The molecule has 5 nitrogen and oxygen atoms in total. The van der Waals surface area contributed by atoms with Crippen LogP contribution in [0.15, 0.2) is 66.7 Å². The number of nitrogens with zero attached hydrogens (tertiary/aromatic N) is 1. The number of hydrogen-bond acceptors (Lipinski definition) is 4. The zero-order valence-corrected chi connectivity index (χ0v) is 16.8. The van der Waals surface area contributed by atoms with Gasteiger partial charge in [0.1, 0.15) is 17.3 Å². The maximum absolute atomic E-state index is 6.19. The molecule has 0 amide bonds. The lowest BCUT2D eigenvalue weighted by atomic mass is 10.0. The van der Waals surface area contributed by atoms with E-state index in [0.717, 1.165) is 39.6 Å². The average molecular weight is 406 g/mol. The molecule has 4 rings (SSSR count). The molecule has 0 unspecified atom stereocenters. The molecule has 29 heavy (non-hydrogen) atoms. The van der Waals surface area contributed by atoms with Crippen LogP contribution in [-0.2, 0) is 0 Å². The number of benzene rings is 3. The zero-order valence-electron chi connectivity index (χ0n) is 16.1. The molecule has 1 heterocycles. The normalized spacial score (nSPS) is 10.7. The molecule has 6 heteroatoms. The number of anilines is 1. The number of methoxy groups -OCH3 is 2. The van der Waals surface area contributed by atoms with Gasteiger partial charge in [0.25, 0.3) is 0 Å². The summed E-state index contributed by atoms with van der Waals surface area (Å²) in [7, 11) is 3.29. The third kappa shape index (κ3) is 3.77. The van der Waals surface area contributed by atoms with Crippen molar-refractivity contribution in [1.29, 1.82) is 0 Å². The van der Waals surface area contributed by atoms with Crippen molar-refractivity contribution in [2.75, 3.05) is 20.0 Å². The summed E-state index contributed by atoms with van der Waals surface area (Å²) in [5.41, 5.74) is 11.2. The van der Waals surface area contributed by atoms with E-state index in [1.54, 1.807) is 26.4 Å². The highest BCUT2D eigenvalue weighted by Crippen LogP contribution is 2.36. The van der Waals surface area contributed by atoms with Gasteiger partial charge in [-0.1, -0.05) is 11.6 Å². The van der Waals surface area contributed by atoms with Crippen LogP contribution in [0.2, 0.25) is 5.02 Å². The second kappa shape index (κ2) is 7.89. The van der Waals surface area contributed by atoms with E-state index in [1.807, 2.05) is 54.6 Å². The fourth-order valence-electron chi connectivity index (χ4n) is 3.16. The predicted octanol–water partition coefficient (Wildman–Crippen LogP) is 5.66. The maximum atomic E-state index is 6.19. The van der Waals surface area contributed by atoms with E-state index >= 15 is 0 Å². The van der Waals surface area contributed by atoms with E-state index in [4.69, 9.17) is 31.8 Å². The van der Waals surface area contributed by atoms with E-state index in [1.165, 1.54) is 0 Å². The quantitative estimate of drug-likeness (QED) is 0.420. The SMILES string of the molecule is COc1ccc(-c2nc(-c3cc(Cl)ccc3N)[nH]c2-c2ccc(OC)cc2)cc1. The average Bonchev–Trinajstić information content (AvgIpc) is 3.20. The molecule has 0 radical (unpaired) electrons. The molecule has 1 aromatic heterocycles. The zero-order chi connectivity index (χ0) is 20.4. The van der Waals surface area contributed by atoms with Crippen LogP contribution in [0.25, 0.3) is 33.9 Å². The van der Waals surface area contributed by atoms with Crippen LogP contribution >= 0.6 is 11.6 Å². The monoisotopic (exact) mass is 405 g/mol. The van der Waals surface area contributed by atoms with Crippen LogP contribution in [0, 0.1) is 0 Å². The number of rotatable bonds is 5. The van der Waals surface area contributed by atoms with Crippen molar-refractivity contribution < 1.29 is 9.47 Å². The summed E-state index contributed by atoms with van der Waals surface area (Å²) in [6, 6.07) is 21.0. The van der Waals surface area contributed by atoms with Crippen LogP contribution in [0.4, 0.5) is 5.69 Å². The van der Waals surface area contributed by atoms with Crippen molar-refractivity contribution in [3.05, 3.63) is 71.8 Å². The number of aromatic amines is 1. The van der Waals surface area contributed by atoms with Crippen LogP contribution in [0.1, 0.15) is 0 Å². The van der Waals surface area contributed by atoms with Crippen molar-refractivity contribution >= 4 is 17.3 Å². The summed E-state index contributed by atoms with van der Waals surface area (Å²) in [4.78, 5) is 8.29. The first-order valence-electron chi connectivity index (χ1n) is 9.03.